The fourth-order valence-electron chi connectivity index (χ4n) is 3.19. The number of hydrogen-bond acceptors (Lipinski definition) is 3. The minimum atomic E-state index is -0.736. The average Bonchev–Trinajstić information content (AvgIpc) is 3.05. The van der Waals surface area contributed by atoms with Crippen molar-refractivity contribution < 1.29 is 14.4 Å². The molecule has 3 amide bonds. The van der Waals surface area contributed by atoms with Crippen LogP contribution < -0.4 is 15.5 Å². The molecule has 0 unspecified atom stereocenters. The highest BCUT2D eigenvalue weighted by Crippen LogP contribution is 2.27. The number of hydrogen-bond donors (Lipinski definition) is 2. The van der Waals surface area contributed by atoms with Crippen LogP contribution in [0.15, 0.2) is 36.4 Å². The Hall–Kier alpha value is -3.15. The molecule has 0 radical (unpaired) electrons. The normalized spacial score (nSPS) is 13.6. The van der Waals surface area contributed by atoms with Crippen LogP contribution in [-0.2, 0) is 14.4 Å². The van der Waals surface area contributed by atoms with Gasteiger partial charge < -0.3 is 15.5 Å². The molecule has 0 atom stereocenters. The van der Waals surface area contributed by atoms with E-state index in [9.17, 15) is 14.4 Å². The molecule has 2 N–H and O–H groups in total. The Balaban J connectivity index is 1.68. The van der Waals surface area contributed by atoms with Crippen molar-refractivity contribution in [3.05, 3.63) is 53.1 Å². The molecule has 0 saturated carbocycles. The summed E-state index contributed by atoms with van der Waals surface area (Å²) < 4.78 is 0. The summed E-state index contributed by atoms with van der Waals surface area (Å²) in [5.41, 5.74) is 4.82. The van der Waals surface area contributed by atoms with Gasteiger partial charge >= 0.3 is 11.8 Å². The second-order valence-corrected chi connectivity index (χ2v) is 6.81. The minimum Gasteiger partial charge on any atom is -0.318 e. The fraction of sp³-hybridized carbons (Fsp3) is 0.286. The Labute approximate surface area is 158 Å². The van der Waals surface area contributed by atoms with Crippen LogP contribution in [0.3, 0.4) is 0 Å². The van der Waals surface area contributed by atoms with E-state index in [4.69, 9.17) is 0 Å². The van der Waals surface area contributed by atoms with Crippen LogP contribution in [0.2, 0.25) is 0 Å². The molecular formula is C21H23N3O3. The smallest absolute Gasteiger partial charge is 0.314 e. The summed E-state index contributed by atoms with van der Waals surface area (Å²) in [4.78, 5) is 38.1. The van der Waals surface area contributed by atoms with E-state index in [1.54, 1.807) is 29.2 Å². The first kappa shape index (κ1) is 18.6. The largest absolute Gasteiger partial charge is 0.318 e. The van der Waals surface area contributed by atoms with Gasteiger partial charge in [0.1, 0.15) is 0 Å². The molecule has 3 rings (SSSR count). The Bertz CT molecular complexity index is 921. The highest BCUT2D eigenvalue weighted by atomic mass is 16.2. The zero-order valence-electron chi connectivity index (χ0n) is 15.8. The predicted octanol–water partition coefficient (Wildman–Crippen LogP) is 3.32. The van der Waals surface area contributed by atoms with Crippen molar-refractivity contribution in [1.82, 2.24) is 0 Å². The molecule has 1 aliphatic rings. The first-order valence-electron chi connectivity index (χ1n) is 8.96. The zero-order chi connectivity index (χ0) is 19.6. The molecule has 1 saturated heterocycles. The van der Waals surface area contributed by atoms with Crippen LogP contribution in [0.25, 0.3) is 0 Å². The lowest BCUT2D eigenvalue weighted by molar-refractivity contribution is -0.133. The van der Waals surface area contributed by atoms with E-state index in [0.29, 0.717) is 24.3 Å². The van der Waals surface area contributed by atoms with Gasteiger partial charge in [-0.3, -0.25) is 14.4 Å². The number of rotatable bonds is 3. The molecule has 2 aromatic carbocycles. The van der Waals surface area contributed by atoms with Gasteiger partial charge in [0, 0.05) is 30.0 Å². The maximum atomic E-state index is 12.2. The van der Waals surface area contributed by atoms with Crippen molar-refractivity contribution in [3.8, 4) is 0 Å². The van der Waals surface area contributed by atoms with E-state index in [2.05, 4.69) is 10.6 Å². The number of nitrogens with one attached hydrogen (secondary N) is 2. The molecule has 1 fully saturated rings. The average molecular weight is 365 g/mol. The van der Waals surface area contributed by atoms with Crippen LogP contribution in [0, 0.1) is 20.8 Å². The molecule has 1 aliphatic heterocycles. The van der Waals surface area contributed by atoms with E-state index in [0.717, 1.165) is 28.8 Å². The molecule has 1 heterocycles. The van der Waals surface area contributed by atoms with Crippen molar-refractivity contribution in [2.45, 2.75) is 33.6 Å². The summed E-state index contributed by atoms with van der Waals surface area (Å²) >= 11 is 0. The minimum absolute atomic E-state index is 0.114. The van der Waals surface area contributed by atoms with E-state index < -0.39 is 11.8 Å². The van der Waals surface area contributed by atoms with Crippen molar-refractivity contribution >= 4 is 34.8 Å². The number of nitrogens with zero attached hydrogens (tertiary/aromatic N) is 1. The molecule has 0 aliphatic carbocycles. The van der Waals surface area contributed by atoms with Gasteiger partial charge in [-0.15, -0.1) is 0 Å². The van der Waals surface area contributed by atoms with Crippen LogP contribution in [0.1, 0.15) is 29.5 Å². The van der Waals surface area contributed by atoms with Gasteiger partial charge in [0.15, 0.2) is 0 Å². The maximum Gasteiger partial charge on any atom is 0.314 e. The number of benzene rings is 2. The van der Waals surface area contributed by atoms with Gasteiger partial charge in [-0.25, -0.2) is 0 Å². The fourth-order valence-corrected chi connectivity index (χ4v) is 3.19. The van der Waals surface area contributed by atoms with Crippen molar-refractivity contribution in [2.24, 2.45) is 0 Å². The van der Waals surface area contributed by atoms with Gasteiger partial charge in [0.2, 0.25) is 5.91 Å². The molecular weight excluding hydrogens is 342 g/mol. The summed E-state index contributed by atoms with van der Waals surface area (Å²) in [7, 11) is 0. The third-order valence-corrected chi connectivity index (χ3v) is 4.88. The molecule has 6 nitrogen and oxygen atoms in total. The van der Waals surface area contributed by atoms with Crippen molar-refractivity contribution in [3.63, 3.8) is 0 Å². The first-order chi connectivity index (χ1) is 12.9. The summed E-state index contributed by atoms with van der Waals surface area (Å²) in [5, 5.41) is 5.26. The SMILES string of the molecule is Cc1cc(NC(=O)C(=O)Nc2cccc(C)c2C)ccc1N1CCCC1=O. The standard InChI is InChI=1S/C21H23N3O3/c1-13-6-4-7-17(15(13)3)23-21(27)20(26)22-16-9-10-18(14(2)12-16)24-11-5-8-19(24)25/h4,6-7,9-10,12H,5,8,11H2,1-3H3,(H,22,26)(H,23,27). The van der Waals surface area contributed by atoms with Crippen LogP contribution in [0.5, 0.6) is 0 Å². The summed E-state index contributed by atoms with van der Waals surface area (Å²) in [6, 6.07) is 10.8. The highest BCUT2D eigenvalue weighted by Gasteiger charge is 2.23. The number of carbonyl (C=O) groups is 3. The highest BCUT2D eigenvalue weighted by molar-refractivity contribution is 6.43. The van der Waals surface area contributed by atoms with Gasteiger partial charge in [-0.2, -0.15) is 0 Å². The third kappa shape index (κ3) is 4.00. The Morgan fingerprint density at radius 3 is 2.37 bits per heavy atom. The Morgan fingerprint density at radius 2 is 1.70 bits per heavy atom. The number of anilines is 3. The summed E-state index contributed by atoms with van der Waals surface area (Å²) in [5.74, 6) is -1.34. The lowest BCUT2D eigenvalue weighted by Gasteiger charge is -2.19. The van der Waals surface area contributed by atoms with E-state index in [1.807, 2.05) is 32.9 Å². The maximum absolute atomic E-state index is 12.2. The molecule has 140 valence electrons. The molecule has 27 heavy (non-hydrogen) atoms. The lowest BCUT2D eigenvalue weighted by Crippen LogP contribution is -2.29. The van der Waals surface area contributed by atoms with Gasteiger partial charge in [0.25, 0.3) is 0 Å². The lowest BCUT2D eigenvalue weighted by atomic mass is 10.1. The van der Waals surface area contributed by atoms with E-state index >= 15 is 0 Å². The molecule has 0 bridgehead atoms. The summed E-state index contributed by atoms with van der Waals surface area (Å²) in [6.45, 7) is 6.43. The zero-order valence-corrected chi connectivity index (χ0v) is 15.8. The third-order valence-electron chi connectivity index (χ3n) is 4.88. The van der Waals surface area contributed by atoms with Crippen LogP contribution in [-0.4, -0.2) is 24.3 Å². The monoisotopic (exact) mass is 365 g/mol. The quantitative estimate of drug-likeness (QED) is 0.819. The molecule has 2 aromatic rings. The number of aryl methyl sites for hydroxylation is 2. The van der Waals surface area contributed by atoms with Crippen molar-refractivity contribution in [1.29, 1.82) is 0 Å². The predicted molar refractivity (Wildman–Crippen MR) is 106 cm³/mol. The molecule has 0 aromatic heterocycles. The molecule has 6 heteroatoms. The van der Waals surface area contributed by atoms with Crippen LogP contribution >= 0.6 is 0 Å². The Kier molecular flexibility index (Phi) is 5.26. The first-order valence-corrected chi connectivity index (χ1v) is 8.96. The second-order valence-electron chi connectivity index (χ2n) is 6.81. The van der Waals surface area contributed by atoms with Crippen LogP contribution in [0.4, 0.5) is 17.1 Å². The summed E-state index contributed by atoms with van der Waals surface area (Å²) in [6.07, 6.45) is 1.42. The number of carbonyl (C=O) groups excluding carboxylic acids is 3. The van der Waals surface area contributed by atoms with Gasteiger partial charge in [-0.1, -0.05) is 12.1 Å². The van der Waals surface area contributed by atoms with E-state index in [-0.39, 0.29) is 5.91 Å². The van der Waals surface area contributed by atoms with Crippen molar-refractivity contribution in [2.75, 3.05) is 22.1 Å². The van der Waals surface area contributed by atoms with Gasteiger partial charge in [0.05, 0.1) is 0 Å². The Morgan fingerprint density at radius 1 is 0.963 bits per heavy atom. The number of amides is 3. The van der Waals surface area contributed by atoms with Gasteiger partial charge in [-0.05, 0) is 68.1 Å². The topological polar surface area (TPSA) is 78.5 Å². The molecule has 0 spiro atoms. The van der Waals surface area contributed by atoms with E-state index in [1.165, 1.54) is 0 Å². The second kappa shape index (κ2) is 7.61.